The zero-order valence-electron chi connectivity index (χ0n) is 10.1. The molecule has 3 rings (SSSR count). The van der Waals surface area contributed by atoms with Gasteiger partial charge in [0.05, 0.1) is 12.3 Å². The lowest BCUT2D eigenvalue weighted by molar-refractivity contribution is -0.161. The second kappa shape index (κ2) is 4.88. The van der Waals surface area contributed by atoms with Crippen molar-refractivity contribution in [2.24, 2.45) is 4.99 Å². The molecule has 0 bridgehead atoms. The Labute approximate surface area is 106 Å². The van der Waals surface area contributed by atoms with E-state index in [1.54, 1.807) is 12.4 Å². The minimum Gasteiger partial charge on any atom is -0.347 e. The summed E-state index contributed by atoms with van der Waals surface area (Å²) in [5, 5.41) is 3.38. The summed E-state index contributed by atoms with van der Waals surface area (Å²) < 4.78 is 6.07. The van der Waals surface area contributed by atoms with Crippen LogP contribution in [-0.4, -0.2) is 42.5 Å². The number of rotatable bonds is 2. The van der Waals surface area contributed by atoms with Gasteiger partial charge in [-0.25, -0.2) is 0 Å². The summed E-state index contributed by atoms with van der Waals surface area (Å²) in [6, 6.07) is 5.90. The number of pyridine rings is 1. The van der Waals surface area contributed by atoms with Crippen molar-refractivity contribution in [1.82, 2.24) is 15.2 Å². The van der Waals surface area contributed by atoms with Gasteiger partial charge in [-0.2, -0.15) is 0 Å². The minimum absolute atomic E-state index is 0.548. The lowest BCUT2D eigenvalue weighted by Gasteiger charge is -2.44. The third-order valence-corrected chi connectivity index (χ3v) is 3.20. The molecule has 0 spiro atoms. The van der Waals surface area contributed by atoms with Gasteiger partial charge in [0.1, 0.15) is 6.67 Å². The topological polar surface area (TPSA) is 49.8 Å². The monoisotopic (exact) mass is 244 g/mol. The summed E-state index contributed by atoms with van der Waals surface area (Å²) in [6.45, 7) is 2.85. The van der Waals surface area contributed by atoms with Crippen LogP contribution < -0.4 is 5.32 Å². The number of nitrogens with one attached hydrogen (secondary N) is 1. The molecule has 0 radical (unpaired) electrons. The number of hydrogen-bond acceptors (Lipinski definition) is 5. The van der Waals surface area contributed by atoms with E-state index >= 15 is 0 Å². The number of ether oxygens (including phenoxy) is 1. The first-order chi connectivity index (χ1) is 8.92. The molecule has 18 heavy (non-hydrogen) atoms. The second-order valence-corrected chi connectivity index (χ2v) is 4.31. The molecule has 0 aromatic carbocycles. The van der Waals surface area contributed by atoms with Gasteiger partial charge in [0.25, 0.3) is 0 Å². The molecule has 1 N–H and O–H groups in total. The number of hydrogen-bond donors (Lipinski definition) is 1. The molecule has 0 saturated carbocycles. The first kappa shape index (κ1) is 11.4. The Hall–Kier alpha value is -1.72. The first-order valence-corrected chi connectivity index (χ1v) is 6.11. The van der Waals surface area contributed by atoms with Crippen molar-refractivity contribution in [2.45, 2.75) is 5.72 Å². The molecule has 1 saturated heterocycles. The molecule has 1 atom stereocenters. The van der Waals surface area contributed by atoms with E-state index in [2.05, 4.69) is 20.2 Å². The molecule has 94 valence electrons. The second-order valence-electron chi connectivity index (χ2n) is 4.31. The average molecular weight is 244 g/mol. The van der Waals surface area contributed by atoms with Crippen molar-refractivity contribution in [3.63, 3.8) is 0 Å². The van der Waals surface area contributed by atoms with Gasteiger partial charge in [-0.05, 0) is 18.2 Å². The van der Waals surface area contributed by atoms with E-state index in [1.165, 1.54) is 0 Å². The highest BCUT2D eigenvalue weighted by molar-refractivity contribution is 5.71. The van der Waals surface area contributed by atoms with Gasteiger partial charge in [0.2, 0.25) is 0 Å². The highest BCUT2D eigenvalue weighted by Crippen LogP contribution is 2.30. The molecule has 5 nitrogen and oxygen atoms in total. The van der Waals surface area contributed by atoms with Crippen LogP contribution in [0.5, 0.6) is 0 Å². The van der Waals surface area contributed by atoms with Crippen molar-refractivity contribution in [3.8, 4) is 0 Å². The van der Waals surface area contributed by atoms with Gasteiger partial charge in [0.15, 0.2) is 5.72 Å². The van der Waals surface area contributed by atoms with Gasteiger partial charge in [-0.15, -0.1) is 0 Å². The maximum absolute atomic E-state index is 6.07. The zero-order valence-corrected chi connectivity index (χ0v) is 10.1. The van der Waals surface area contributed by atoms with E-state index in [4.69, 9.17) is 4.74 Å². The Morgan fingerprint density at radius 1 is 1.39 bits per heavy atom. The fourth-order valence-corrected chi connectivity index (χ4v) is 2.31. The van der Waals surface area contributed by atoms with E-state index in [1.807, 2.05) is 30.5 Å². The quantitative estimate of drug-likeness (QED) is 0.832. The zero-order chi connectivity index (χ0) is 12.3. The summed E-state index contributed by atoms with van der Waals surface area (Å²) in [5.74, 6) is 0. The number of aliphatic imine (C=N–C) groups is 1. The minimum atomic E-state index is -0.548. The van der Waals surface area contributed by atoms with Gasteiger partial charge >= 0.3 is 0 Å². The Morgan fingerprint density at radius 3 is 3.06 bits per heavy atom. The van der Waals surface area contributed by atoms with Crippen LogP contribution in [0, 0.1) is 0 Å². The van der Waals surface area contributed by atoms with E-state index in [0.717, 1.165) is 12.2 Å². The summed E-state index contributed by atoms with van der Waals surface area (Å²) in [7, 11) is 0. The maximum atomic E-state index is 6.07. The van der Waals surface area contributed by atoms with Crippen LogP contribution in [0.1, 0.15) is 5.69 Å². The van der Waals surface area contributed by atoms with Gasteiger partial charge < -0.3 is 15.0 Å². The Kier molecular flexibility index (Phi) is 3.08. The molecule has 1 fully saturated rings. The highest BCUT2D eigenvalue weighted by Gasteiger charge is 2.41. The molecular formula is C13H16N4O. The summed E-state index contributed by atoms with van der Waals surface area (Å²) in [5.41, 5.74) is 0.368. The van der Waals surface area contributed by atoms with Gasteiger partial charge in [-0.3, -0.25) is 9.98 Å². The number of morpholine rings is 1. The average Bonchev–Trinajstić information content (AvgIpc) is 2.50. The smallest absolute Gasteiger partial charge is 0.198 e. The SMILES string of the molecule is C1=CN(C2(c3ccccn3)CNCCO2)CN=C1. The molecule has 2 aliphatic heterocycles. The molecule has 0 aliphatic carbocycles. The lowest BCUT2D eigenvalue weighted by atomic mass is 10.1. The van der Waals surface area contributed by atoms with Crippen molar-refractivity contribution in [2.75, 3.05) is 26.4 Å². The van der Waals surface area contributed by atoms with Crippen molar-refractivity contribution in [3.05, 3.63) is 42.4 Å². The van der Waals surface area contributed by atoms with Crippen molar-refractivity contribution in [1.29, 1.82) is 0 Å². The highest BCUT2D eigenvalue weighted by atomic mass is 16.5. The third kappa shape index (κ3) is 1.91. The largest absolute Gasteiger partial charge is 0.347 e. The van der Waals surface area contributed by atoms with Gasteiger partial charge in [-0.1, -0.05) is 6.07 Å². The van der Waals surface area contributed by atoms with Crippen molar-refractivity contribution < 1.29 is 4.74 Å². The molecule has 0 amide bonds. The molecule has 3 heterocycles. The Balaban J connectivity index is 1.98. The van der Waals surface area contributed by atoms with E-state index in [0.29, 0.717) is 19.8 Å². The van der Waals surface area contributed by atoms with Crippen LogP contribution in [0.2, 0.25) is 0 Å². The molecular weight excluding hydrogens is 228 g/mol. The van der Waals surface area contributed by atoms with Gasteiger partial charge in [0, 0.05) is 31.7 Å². The summed E-state index contributed by atoms with van der Waals surface area (Å²) >= 11 is 0. The summed E-state index contributed by atoms with van der Waals surface area (Å²) in [6.07, 6.45) is 7.53. The standard InChI is InChI=1S/C13H16N4O/c1-2-6-16-12(4-1)13(10-14-7-9-18-13)17-8-3-5-15-11-17/h1-6,8,14H,7,9-11H2. The van der Waals surface area contributed by atoms with E-state index < -0.39 is 5.72 Å². The predicted octanol–water partition coefficient (Wildman–Crippen LogP) is 0.712. The van der Waals surface area contributed by atoms with Crippen LogP contribution in [0.25, 0.3) is 0 Å². The number of aromatic nitrogens is 1. The van der Waals surface area contributed by atoms with E-state index in [-0.39, 0.29) is 0 Å². The molecule has 2 aliphatic rings. The summed E-state index contributed by atoms with van der Waals surface area (Å²) in [4.78, 5) is 10.8. The van der Waals surface area contributed by atoms with Crippen LogP contribution in [0.4, 0.5) is 0 Å². The predicted molar refractivity (Wildman–Crippen MR) is 69.1 cm³/mol. The fourth-order valence-electron chi connectivity index (χ4n) is 2.31. The number of nitrogens with zero attached hydrogens (tertiary/aromatic N) is 3. The first-order valence-electron chi connectivity index (χ1n) is 6.11. The third-order valence-electron chi connectivity index (χ3n) is 3.20. The lowest BCUT2D eigenvalue weighted by Crippen LogP contribution is -2.57. The van der Waals surface area contributed by atoms with Crippen LogP contribution in [0.3, 0.4) is 0 Å². The maximum Gasteiger partial charge on any atom is 0.198 e. The molecule has 5 heteroatoms. The molecule has 1 unspecified atom stereocenters. The Morgan fingerprint density at radius 2 is 2.39 bits per heavy atom. The van der Waals surface area contributed by atoms with Crippen molar-refractivity contribution >= 4 is 6.21 Å². The molecule has 1 aromatic heterocycles. The van der Waals surface area contributed by atoms with E-state index in [9.17, 15) is 0 Å². The van der Waals surface area contributed by atoms with Crippen LogP contribution in [-0.2, 0) is 10.5 Å². The van der Waals surface area contributed by atoms with Crippen LogP contribution in [0.15, 0.2) is 41.7 Å². The number of allylic oxidation sites excluding steroid dienone is 1. The Bertz CT molecular complexity index is 451. The molecule has 1 aromatic rings. The van der Waals surface area contributed by atoms with Crippen LogP contribution >= 0.6 is 0 Å². The fraction of sp³-hybridized carbons (Fsp3) is 0.385. The normalized spacial score (nSPS) is 27.4.